The van der Waals surface area contributed by atoms with Crippen molar-refractivity contribution in [2.45, 2.75) is 0 Å². The molecular weight excluding hydrogens is 321 g/mol. The van der Waals surface area contributed by atoms with Gasteiger partial charge in [-0.15, -0.1) is 0 Å². The Kier molecular flexibility index (Phi) is 3.50. The van der Waals surface area contributed by atoms with Gasteiger partial charge in [0.25, 0.3) is 0 Å². The number of para-hydroxylation sites is 1. The fourth-order valence-corrected chi connectivity index (χ4v) is 2.73. The smallest absolute Gasteiger partial charge is 0.336 e. The highest BCUT2D eigenvalue weighted by Crippen LogP contribution is 2.27. The van der Waals surface area contributed by atoms with Crippen LogP contribution in [0.1, 0.15) is 10.4 Å². The molecule has 0 aliphatic rings. The van der Waals surface area contributed by atoms with E-state index in [2.05, 4.69) is 10.1 Å². The predicted molar refractivity (Wildman–Crippen MR) is 91.2 cm³/mol. The third-order valence-corrected chi connectivity index (χ3v) is 3.92. The molecule has 25 heavy (non-hydrogen) atoms. The third kappa shape index (κ3) is 2.53. The number of benzene rings is 2. The van der Waals surface area contributed by atoms with Gasteiger partial charge in [0.15, 0.2) is 5.65 Å². The number of rotatable bonds is 3. The van der Waals surface area contributed by atoms with E-state index < -0.39 is 11.8 Å². The van der Waals surface area contributed by atoms with Crippen LogP contribution in [-0.4, -0.2) is 25.8 Å². The summed E-state index contributed by atoms with van der Waals surface area (Å²) < 4.78 is 15.5. The molecule has 0 saturated carbocycles. The molecule has 2 aromatic heterocycles. The van der Waals surface area contributed by atoms with Crippen molar-refractivity contribution in [3.05, 3.63) is 78.2 Å². The number of aromatic nitrogens is 3. The topological polar surface area (TPSA) is 68.0 Å². The van der Waals surface area contributed by atoms with Crippen LogP contribution in [0.15, 0.2) is 66.9 Å². The molecular formula is C19H12FN3O2. The molecule has 0 aliphatic carbocycles. The number of hydrogen-bond donors (Lipinski definition) is 1. The molecule has 0 fully saturated rings. The lowest BCUT2D eigenvalue weighted by Crippen LogP contribution is -2.03. The molecule has 0 saturated heterocycles. The van der Waals surface area contributed by atoms with Crippen molar-refractivity contribution in [1.82, 2.24) is 14.8 Å². The molecule has 2 heterocycles. The average Bonchev–Trinajstić information content (AvgIpc) is 3.05. The summed E-state index contributed by atoms with van der Waals surface area (Å²) >= 11 is 0. The van der Waals surface area contributed by atoms with Crippen molar-refractivity contribution in [2.75, 3.05) is 0 Å². The second kappa shape index (κ2) is 5.83. The van der Waals surface area contributed by atoms with Crippen molar-refractivity contribution < 1.29 is 14.3 Å². The van der Waals surface area contributed by atoms with E-state index in [4.69, 9.17) is 0 Å². The quantitative estimate of drug-likeness (QED) is 0.617. The summed E-state index contributed by atoms with van der Waals surface area (Å²) in [6, 6.07) is 16.9. The summed E-state index contributed by atoms with van der Waals surface area (Å²) in [5.74, 6) is -1.55. The standard InChI is InChI=1S/C19H12FN3O2/c20-15-8-4-5-9-17(15)23-18-14(11-21-23)13(19(24)25)10-16(22-18)12-6-2-1-3-7-12/h1-11H,(H,24,25). The number of halogens is 1. The van der Waals surface area contributed by atoms with Crippen LogP contribution in [-0.2, 0) is 0 Å². The molecule has 0 aliphatic heterocycles. The molecule has 0 radical (unpaired) electrons. The number of nitrogens with zero attached hydrogens (tertiary/aromatic N) is 3. The second-order valence-electron chi connectivity index (χ2n) is 5.47. The Morgan fingerprint density at radius 2 is 1.76 bits per heavy atom. The highest BCUT2D eigenvalue weighted by Gasteiger charge is 2.18. The molecule has 1 N–H and O–H groups in total. The van der Waals surface area contributed by atoms with Crippen molar-refractivity contribution in [1.29, 1.82) is 0 Å². The first-order valence-corrected chi connectivity index (χ1v) is 7.57. The molecule has 6 heteroatoms. The fraction of sp³-hybridized carbons (Fsp3) is 0. The lowest BCUT2D eigenvalue weighted by Gasteiger charge is -2.07. The van der Waals surface area contributed by atoms with Crippen LogP contribution in [0.5, 0.6) is 0 Å². The molecule has 2 aromatic carbocycles. The van der Waals surface area contributed by atoms with E-state index in [-0.39, 0.29) is 11.3 Å². The van der Waals surface area contributed by atoms with Crippen molar-refractivity contribution in [3.8, 4) is 16.9 Å². The molecule has 0 spiro atoms. The van der Waals surface area contributed by atoms with Gasteiger partial charge in [-0.2, -0.15) is 5.10 Å². The van der Waals surface area contributed by atoms with E-state index in [0.717, 1.165) is 5.56 Å². The van der Waals surface area contributed by atoms with Gasteiger partial charge in [-0.3, -0.25) is 0 Å². The molecule has 5 nitrogen and oxygen atoms in total. The number of carboxylic acids is 1. The first-order chi connectivity index (χ1) is 12.1. The Balaban J connectivity index is 2.03. The summed E-state index contributed by atoms with van der Waals surface area (Å²) in [6.45, 7) is 0. The first-order valence-electron chi connectivity index (χ1n) is 7.57. The maximum absolute atomic E-state index is 14.2. The van der Waals surface area contributed by atoms with Gasteiger partial charge in [0.2, 0.25) is 0 Å². The van der Waals surface area contributed by atoms with E-state index >= 15 is 0 Å². The van der Waals surface area contributed by atoms with Crippen LogP contribution in [0.2, 0.25) is 0 Å². The Hall–Kier alpha value is -3.54. The van der Waals surface area contributed by atoms with Crippen LogP contribution >= 0.6 is 0 Å². The first kappa shape index (κ1) is 15.0. The molecule has 122 valence electrons. The molecule has 0 bridgehead atoms. The second-order valence-corrected chi connectivity index (χ2v) is 5.47. The van der Waals surface area contributed by atoms with E-state index in [1.54, 1.807) is 18.2 Å². The SMILES string of the molecule is O=C(O)c1cc(-c2ccccc2)nc2c1cnn2-c1ccccc1F. The number of carbonyl (C=O) groups is 1. The molecule has 4 aromatic rings. The zero-order chi connectivity index (χ0) is 17.4. The van der Waals surface area contributed by atoms with E-state index in [1.807, 2.05) is 30.3 Å². The Bertz CT molecular complexity index is 1090. The Morgan fingerprint density at radius 3 is 2.48 bits per heavy atom. The summed E-state index contributed by atoms with van der Waals surface area (Å²) in [6.07, 6.45) is 1.40. The largest absolute Gasteiger partial charge is 0.478 e. The normalized spacial score (nSPS) is 10.9. The van der Waals surface area contributed by atoms with Crippen molar-refractivity contribution in [2.24, 2.45) is 0 Å². The zero-order valence-corrected chi connectivity index (χ0v) is 12.9. The van der Waals surface area contributed by atoms with Crippen LogP contribution in [0, 0.1) is 5.82 Å². The monoisotopic (exact) mass is 333 g/mol. The van der Waals surface area contributed by atoms with E-state index in [9.17, 15) is 14.3 Å². The zero-order valence-electron chi connectivity index (χ0n) is 12.9. The average molecular weight is 333 g/mol. The highest BCUT2D eigenvalue weighted by atomic mass is 19.1. The maximum atomic E-state index is 14.2. The van der Waals surface area contributed by atoms with Gasteiger partial charge in [-0.1, -0.05) is 42.5 Å². The molecule has 0 atom stereocenters. The van der Waals surface area contributed by atoms with Gasteiger partial charge >= 0.3 is 5.97 Å². The van der Waals surface area contributed by atoms with Gasteiger partial charge < -0.3 is 5.11 Å². The number of hydrogen-bond acceptors (Lipinski definition) is 3. The highest BCUT2D eigenvalue weighted by molar-refractivity contribution is 6.03. The van der Waals surface area contributed by atoms with Crippen molar-refractivity contribution >= 4 is 17.0 Å². The van der Waals surface area contributed by atoms with Gasteiger partial charge in [-0.25, -0.2) is 18.9 Å². The van der Waals surface area contributed by atoms with Crippen LogP contribution in [0.3, 0.4) is 0 Å². The van der Waals surface area contributed by atoms with Gasteiger partial charge in [-0.05, 0) is 18.2 Å². The lowest BCUT2D eigenvalue weighted by atomic mass is 10.1. The minimum absolute atomic E-state index is 0.0754. The Morgan fingerprint density at radius 1 is 1.04 bits per heavy atom. The third-order valence-electron chi connectivity index (χ3n) is 3.92. The molecule has 0 amide bonds. The van der Waals surface area contributed by atoms with Gasteiger partial charge in [0.05, 0.1) is 22.8 Å². The number of carboxylic acid groups (broad SMARTS) is 1. The van der Waals surface area contributed by atoms with Crippen LogP contribution in [0.25, 0.3) is 28.0 Å². The van der Waals surface area contributed by atoms with E-state index in [1.165, 1.54) is 23.0 Å². The summed E-state index contributed by atoms with van der Waals surface area (Å²) in [5.41, 5.74) is 1.85. The van der Waals surface area contributed by atoms with Crippen LogP contribution < -0.4 is 0 Å². The minimum Gasteiger partial charge on any atom is -0.478 e. The number of aromatic carboxylic acids is 1. The van der Waals surface area contributed by atoms with Crippen molar-refractivity contribution in [3.63, 3.8) is 0 Å². The molecule has 0 unspecified atom stereocenters. The van der Waals surface area contributed by atoms with E-state index in [0.29, 0.717) is 16.7 Å². The number of pyridine rings is 1. The molecule has 4 rings (SSSR count). The summed E-state index contributed by atoms with van der Waals surface area (Å²) in [7, 11) is 0. The minimum atomic E-state index is -1.09. The van der Waals surface area contributed by atoms with Gasteiger partial charge in [0, 0.05) is 5.56 Å². The summed E-state index contributed by atoms with van der Waals surface area (Å²) in [5, 5.41) is 14.1. The Labute approximate surface area is 142 Å². The lowest BCUT2D eigenvalue weighted by molar-refractivity contribution is 0.0699. The predicted octanol–water partition coefficient (Wildman–Crippen LogP) is 3.92. The maximum Gasteiger partial charge on any atom is 0.336 e. The summed E-state index contributed by atoms with van der Waals surface area (Å²) in [4.78, 5) is 16.2. The fourth-order valence-electron chi connectivity index (χ4n) is 2.73. The van der Waals surface area contributed by atoms with Gasteiger partial charge in [0.1, 0.15) is 11.5 Å². The number of fused-ring (bicyclic) bond motifs is 1. The van der Waals surface area contributed by atoms with Crippen LogP contribution in [0.4, 0.5) is 4.39 Å².